The summed E-state index contributed by atoms with van der Waals surface area (Å²) < 4.78 is 1.03. The lowest BCUT2D eigenvalue weighted by Gasteiger charge is -2.46. The second kappa shape index (κ2) is 6.34. The molecule has 3 heterocycles. The molecular weight excluding hydrogens is 346 g/mol. The van der Waals surface area contributed by atoms with E-state index in [4.69, 9.17) is 0 Å². The van der Waals surface area contributed by atoms with Gasteiger partial charge in [0.05, 0.1) is 15.2 Å². The van der Waals surface area contributed by atoms with Gasteiger partial charge in [0.2, 0.25) is 5.91 Å². The van der Waals surface area contributed by atoms with Gasteiger partial charge in [0.1, 0.15) is 5.54 Å². The van der Waals surface area contributed by atoms with E-state index >= 15 is 0 Å². The van der Waals surface area contributed by atoms with Crippen molar-refractivity contribution < 1.29 is 9.59 Å². The highest BCUT2D eigenvalue weighted by molar-refractivity contribution is 7.18. The van der Waals surface area contributed by atoms with E-state index in [1.807, 2.05) is 34.9 Å². The molecule has 0 N–H and O–H groups in total. The molecule has 6 heteroatoms. The van der Waals surface area contributed by atoms with Gasteiger partial charge in [0, 0.05) is 24.7 Å². The molecule has 0 bridgehead atoms. The molecule has 2 aromatic rings. The molecule has 1 spiro atoms. The number of piperidine rings is 1. The fourth-order valence-electron chi connectivity index (χ4n) is 4.50. The minimum absolute atomic E-state index is 0.0191. The summed E-state index contributed by atoms with van der Waals surface area (Å²) in [6.45, 7) is 7.54. The predicted molar refractivity (Wildman–Crippen MR) is 103 cm³/mol. The van der Waals surface area contributed by atoms with Gasteiger partial charge in [-0.2, -0.15) is 0 Å². The van der Waals surface area contributed by atoms with Gasteiger partial charge in [-0.25, -0.2) is 4.98 Å². The molecule has 1 aromatic carbocycles. The topological polar surface area (TPSA) is 53.5 Å². The van der Waals surface area contributed by atoms with Crippen molar-refractivity contribution in [2.45, 2.75) is 58.0 Å². The SMILES string of the molecule is Cc1nc2ccc(C(=O)N3CCCC34CCCN(C(C)C)C4=O)cc2s1. The second-order valence-corrected chi connectivity index (χ2v) is 8.94. The normalized spacial score (nSPS) is 23.6. The third-order valence-corrected chi connectivity index (χ3v) is 6.68. The molecule has 2 aliphatic rings. The van der Waals surface area contributed by atoms with Crippen LogP contribution in [-0.2, 0) is 4.79 Å². The van der Waals surface area contributed by atoms with Crippen molar-refractivity contribution in [2.24, 2.45) is 0 Å². The van der Waals surface area contributed by atoms with Gasteiger partial charge in [-0.05, 0) is 64.7 Å². The Hall–Kier alpha value is -1.95. The zero-order valence-electron chi connectivity index (χ0n) is 15.6. The van der Waals surface area contributed by atoms with Crippen LogP contribution in [0.15, 0.2) is 18.2 Å². The highest BCUT2D eigenvalue weighted by Crippen LogP contribution is 2.40. The fraction of sp³-hybridized carbons (Fsp3) is 0.550. The highest BCUT2D eigenvalue weighted by Gasteiger charge is 2.53. The summed E-state index contributed by atoms with van der Waals surface area (Å²) in [5.41, 5.74) is 0.954. The van der Waals surface area contributed by atoms with Crippen LogP contribution in [-0.4, -0.2) is 51.3 Å². The van der Waals surface area contributed by atoms with Gasteiger partial charge in [-0.1, -0.05) is 0 Å². The number of thiazole rings is 1. The van der Waals surface area contributed by atoms with Gasteiger partial charge in [-0.3, -0.25) is 9.59 Å². The van der Waals surface area contributed by atoms with Crippen LogP contribution in [0.1, 0.15) is 54.9 Å². The number of rotatable bonds is 2. The van der Waals surface area contributed by atoms with Crippen molar-refractivity contribution in [3.8, 4) is 0 Å². The smallest absolute Gasteiger partial charge is 0.254 e. The van der Waals surface area contributed by atoms with Gasteiger partial charge < -0.3 is 9.80 Å². The lowest BCUT2D eigenvalue weighted by molar-refractivity contribution is -0.147. The minimum Gasteiger partial charge on any atom is -0.338 e. The molecule has 1 atom stereocenters. The Bertz CT molecular complexity index is 875. The monoisotopic (exact) mass is 371 g/mol. The Morgan fingerprint density at radius 1 is 1.23 bits per heavy atom. The molecule has 26 heavy (non-hydrogen) atoms. The largest absolute Gasteiger partial charge is 0.338 e. The molecule has 1 aromatic heterocycles. The molecule has 0 aliphatic carbocycles. The summed E-state index contributed by atoms with van der Waals surface area (Å²) in [5.74, 6) is 0.119. The highest BCUT2D eigenvalue weighted by atomic mass is 32.1. The number of carbonyl (C=O) groups excluding carboxylic acids is 2. The van der Waals surface area contributed by atoms with E-state index < -0.39 is 5.54 Å². The molecule has 1 unspecified atom stereocenters. The first-order valence-corrected chi connectivity index (χ1v) is 10.2. The number of aromatic nitrogens is 1. The Morgan fingerprint density at radius 2 is 1.96 bits per heavy atom. The zero-order chi connectivity index (χ0) is 18.5. The number of hydrogen-bond donors (Lipinski definition) is 0. The van der Waals surface area contributed by atoms with E-state index in [1.54, 1.807) is 11.3 Å². The maximum atomic E-state index is 13.3. The third kappa shape index (κ3) is 2.62. The molecule has 2 aliphatic heterocycles. The van der Waals surface area contributed by atoms with Crippen molar-refractivity contribution in [3.63, 3.8) is 0 Å². The van der Waals surface area contributed by atoms with E-state index in [-0.39, 0.29) is 17.9 Å². The average Bonchev–Trinajstić information content (AvgIpc) is 3.19. The second-order valence-electron chi connectivity index (χ2n) is 7.70. The first-order chi connectivity index (χ1) is 12.4. The number of amides is 2. The van der Waals surface area contributed by atoms with E-state index in [1.165, 1.54) is 0 Å². The molecule has 5 nitrogen and oxygen atoms in total. The Balaban J connectivity index is 1.68. The van der Waals surface area contributed by atoms with Crippen molar-refractivity contribution >= 4 is 33.4 Å². The fourth-order valence-corrected chi connectivity index (χ4v) is 5.36. The van der Waals surface area contributed by atoms with E-state index in [2.05, 4.69) is 18.8 Å². The number of likely N-dealkylation sites (tertiary alicyclic amines) is 2. The Kier molecular flexibility index (Phi) is 4.26. The van der Waals surface area contributed by atoms with Crippen molar-refractivity contribution in [3.05, 3.63) is 28.8 Å². The van der Waals surface area contributed by atoms with E-state index in [0.29, 0.717) is 12.1 Å². The lowest BCUT2D eigenvalue weighted by atomic mass is 9.84. The first kappa shape index (κ1) is 17.5. The van der Waals surface area contributed by atoms with E-state index in [0.717, 1.165) is 47.5 Å². The number of aryl methyl sites for hydroxylation is 1. The Morgan fingerprint density at radius 3 is 2.69 bits per heavy atom. The molecule has 4 rings (SSSR count). The summed E-state index contributed by atoms with van der Waals surface area (Å²) in [7, 11) is 0. The van der Waals surface area contributed by atoms with Gasteiger partial charge in [0.25, 0.3) is 5.91 Å². The molecule has 2 amide bonds. The van der Waals surface area contributed by atoms with Crippen LogP contribution in [0.25, 0.3) is 10.2 Å². The third-order valence-electron chi connectivity index (χ3n) is 5.75. The maximum absolute atomic E-state index is 13.3. The van der Waals surface area contributed by atoms with Crippen LogP contribution in [0.3, 0.4) is 0 Å². The van der Waals surface area contributed by atoms with Crippen LogP contribution in [0, 0.1) is 6.92 Å². The van der Waals surface area contributed by atoms with Crippen molar-refractivity contribution in [1.82, 2.24) is 14.8 Å². The van der Waals surface area contributed by atoms with Gasteiger partial charge >= 0.3 is 0 Å². The van der Waals surface area contributed by atoms with Crippen LogP contribution in [0.4, 0.5) is 0 Å². The van der Waals surface area contributed by atoms with Crippen molar-refractivity contribution in [1.29, 1.82) is 0 Å². The molecule has 0 saturated carbocycles. The summed E-state index contributed by atoms with van der Waals surface area (Å²) in [6, 6.07) is 5.87. The van der Waals surface area contributed by atoms with Crippen LogP contribution in [0.5, 0.6) is 0 Å². The first-order valence-electron chi connectivity index (χ1n) is 9.43. The van der Waals surface area contributed by atoms with Gasteiger partial charge in [-0.15, -0.1) is 11.3 Å². The summed E-state index contributed by atoms with van der Waals surface area (Å²) in [5, 5.41) is 0.997. The molecule has 0 radical (unpaired) electrons. The Labute approximate surface area is 158 Å². The number of hydrogen-bond acceptors (Lipinski definition) is 4. The summed E-state index contributed by atoms with van der Waals surface area (Å²) >= 11 is 1.60. The predicted octanol–water partition coefficient (Wildman–Crippen LogP) is 3.61. The molecular formula is C20H25N3O2S. The number of nitrogens with zero attached hydrogens (tertiary/aromatic N) is 3. The molecule has 2 fully saturated rings. The van der Waals surface area contributed by atoms with Gasteiger partial charge in [0.15, 0.2) is 0 Å². The average molecular weight is 372 g/mol. The quantitative estimate of drug-likeness (QED) is 0.810. The zero-order valence-corrected chi connectivity index (χ0v) is 16.4. The van der Waals surface area contributed by atoms with E-state index in [9.17, 15) is 9.59 Å². The standard InChI is InChI=1S/C20H25N3O2S/c1-13(2)22-10-4-8-20(19(22)25)9-5-11-23(20)18(24)15-6-7-16-17(12-15)26-14(3)21-16/h6-7,12-13H,4-5,8-11H2,1-3H3. The minimum atomic E-state index is -0.641. The number of benzene rings is 1. The van der Waals surface area contributed by atoms with Crippen LogP contribution < -0.4 is 0 Å². The van der Waals surface area contributed by atoms with Crippen LogP contribution in [0.2, 0.25) is 0 Å². The van der Waals surface area contributed by atoms with Crippen molar-refractivity contribution in [2.75, 3.05) is 13.1 Å². The van der Waals surface area contributed by atoms with Crippen LogP contribution >= 0.6 is 11.3 Å². The lowest BCUT2D eigenvalue weighted by Crippen LogP contribution is -2.62. The maximum Gasteiger partial charge on any atom is 0.254 e. The molecule has 2 saturated heterocycles. The summed E-state index contributed by atoms with van der Waals surface area (Å²) in [4.78, 5) is 34.9. The number of carbonyl (C=O) groups is 2. The molecule has 138 valence electrons. The number of fused-ring (bicyclic) bond motifs is 1. The summed E-state index contributed by atoms with van der Waals surface area (Å²) in [6.07, 6.45) is 3.41.